The van der Waals surface area contributed by atoms with Crippen molar-refractivity contribution in [2.24, 2.45) is 0 Å². The van der Waals surface area contributed by atoms with Gasteiger partial charge in [-0.25, -0.2) is 4.68 Å². The van der Waals surface area contributed by atoms with Crippen LogP contribution in [-0.2, 0) is 6.54 Å². The summed E-state index contributed by atoms with van der Waals surface area (Å²) >= 11 is 3.38. The van der Waals surface area contributed by atoms with Gasteiger partial charge in [0.1, 0.15) is 0 Å². The highest BCUT2D eigenvalue weighted by atomic mass is 79.9. The maximum atomic E-state index is 4.24. The van der Waals surface area contributed by atoms with Crippen LogP contribution in [0.1, 0.15) is 5.56 Å². The fourth-order valence-corrected chi connectivity index (χ4v) is 1.74. The van der Waals surface area contributed by atoms with Crippen LogP contribution in [0, 0.1) is 0 Å². The largest absolute Gasteiger partial charge is 0.316 e. The van der Waals surface area contributed by atoms with Crippen LogP contribution < -0.4 is 5.32 Å². The summed E-state index contributed by atoms with van der Waals surface area (Å²) in [5.41, 5.74) is 2.33. The van der Waals surface area contributed by atoms with Crippen molar-refractivity contribution >= 4 is 15.9 Å². The minimum Gasteiger partial charge on any atom is -0.316 e. The van der Waals surface area contributed by atoms with Gasteiger partial charge in [-0.3, -0.25) is 0 Å². The maximum Gasteiger partial charge on any atom is 0.0649 e. The van der Waals surface area contributed by atoms with E-state index in [2.05, 4.69) is 38.5 Å². The van der Waals surface area contributed by atoms with Crippen molar-refractivity contribution in [3.05, 3.63) is 46.7 Å². The Bertz CT molecular complexity index is 451. The van der Waals surface area contributed by atoms with E-state index in [0.29, 0.717) is 0 Å². The number of nitrogens with zero attached hydrogens (tertiary/aromatic N) is 2. The molecule has 0 saturated carbocycles. The molecule has 2 rings (SSSR count). The molecule has 1 aromatic carbocycles. The minimum atomic E-state index is 0.871. The van der Waals surface area contributed by atoms with Crippen molar-refractivity contribution in [2.75, 3.05) is 7.05 Å². The zero-order valence-electron chi connectivity index (χ0n) is 8.44. The Hall–Kier alpha value is -1.13. The van der Waals surface area contributed by atoms with Gasteiger partial charge in [0.15, 0.2) is 0 Å². The Labute approximate surface area is 97.2 Å². The summed E-state index contributed by atoms with van der Waals surface area (Å²) in [5.74, 6) is 0. The molecule has 3 nitrogen and oxygen atoms in total. The van der Waals surface area contributed by atoms with Gasteiger partial charge < -0.3 is 5.32 Å². The van der Waals surface area contributed by atoms with E-state index in [1.807, 2.05) is 30.1 Å². The molecule has 78 valence electrons. The number of halogens is 1. The topological polar surface area (TPSA) is 29.9 Å². The van der Waals surface area contributed by atoms with E-state index in [9.17, 15) is 0 Å². The molecule has 0 fully saturated rings. The zero-order valence-corrected chi connectivity index (χ0v) is 10.0. The van der Waals surface area contributed by atoms with Crippen LogP contribution >= 0.6 is 15.9 Å². The predicted octanol–water partition coefficient (Wildman–Crippen LogP) is 2.35. The molecule has 0 saturated heterocycles. The monoisotopic (exact) mass is 265 g/mol. The van der Waals surface area contributed by atoms with Crippen molar-refractivity contribution in [3.8, 4) is 5.69 Å². The van der Waals surface area contributed by atoms with Crippen molar-refractivity contribution in [3.63, 3.8) is 0 Å². The van der Waals surface area contributed by atoms with E-state index >= 15 is 0 Å². The minimum absolute atomic E-state index is 0.871. The number of nitrogens with one attached hydrogen (secondary N) is 1. The Morgan fingerprint density at radius 1 is 1.47 bits per heavy atom. The third-order valence-electron chi connectivity index (χ3n) is 2.11. The smallest absolute Gasteiger partial charge is 0.0649 e. The average molecular weight is 266 g/mol. The van der Waals surface area contributed by atoms with Gasteiger partial charge in [-0.15, -0.1) is 0 Å². The van der Waals surface area contributed by atoms with Crippen LogP contribution in [0.25, 0.3) is 5.69 Å². The van der Waals surface area contributed by atoms with Crippen molar-refractivity contribution < 1.29 is 0 Å². The lowest BCUT2D eigenvalue weighted by Gasteiger charge is -2.04. The van der Waals surface area contributed by atoms with Crippen LogP contribution in [-0.4, -0.2) is 16.8 Å². The Morgan fingerprint density at radius 3 is 3.00 bits per heavy atom. The molecule has 15 heavy (non-hydrogen) atoms. The molecule has 0 radical (unpaired) electrons. The zero-order chi connectivity index (χ0) is 10.7. The standard InChI is InChI=1S/C11H12BrN3/c1-13-6-9-3-2-4-11(5-9)15-8-10(12)7-14-15/h2-5,7-8,13H,6H2,1H3. The summed E-state index contributed by atoms with van der Waals surface area (Å²) < 4.78 is 2.84. The van der Waals surface area contributed by atoms with Gasteiger partial charge in [-0.05, 0) is 40.7 Å². The van der Waals surface area contributed by atoms with E-state index < -0.39 is 0 Å². The third-order valence-corrected chi connectivity index (χ3v) is 2.52. The second kappa shape index (κ2) is 4.59. The number of benzene rings is 1. The molecule has 1 aromatic heterocycles. The molecule has 1 N–H and O–H groups in total. The fraction of sp³-hybridized carbons (Fsp3) is 0.182. The second-order valence-electron chi connectivity index (χ2n) is 3.30. The maximum absolute atomic E-state index is 4.24. The third kappa shape index (κ3) is 2.46. The van der Waals surface area contributed by atoms with Gasteiger partial charge in [0.2, 0.25) is 0 Å². The Kier molecular flexibility index (Phi) is 3.18. The quantitative estimate of drug-likeness (QED) is 0.924. The SMILES string of the molecule is CNCc1cccc(-n2cc(Br)cn2)c1. The molecule has 0 spiro atoms. The highest BCUT2D eigenvalue weighted by Gasteiger charge is 1.99. The molecule has 0 atom stereocenters. The number of hydrogen-bond acceptors (Lipinski definition) is 2. The van der Waals surface area contributed by atoms with Crippen molar-refractivity contribution in [2.45, 2.75) is 6.54 Å². The lowest BCUT2D eigenvalue weighted by atomic mass is 10.2. The van der Waals surface area contributed by atoms with Crippen LogP contribution in [0.5, 0.6) is 0 Å². The lowest BCUT2D eigenvalue weighted by Crippen LogP contribution is -2.05. The average Bonchev–Trinajstić information content (AvgIpc) is 2.66. The van der Waals surface area contributed by atoms with E-state index in [0.717, 1.165) is 16.7 Å². The second-order valence-corrected chi connectivity index (χ2v) is 4.22. The summed E-state index contributed by atoms with van der Waals surface area (Å²) in [6.45, 7) is 0.871. The van der Waals surface area contributed by atoms with Gasteiger partial charge in [0.25, 0.3) is 0 Å². The predicted molar refractivity (Wildman–Crippen MR) is 64.0 cm³/mol. The van der Waals surface area contributed by atoms with Gasteiger partial charge in [0.05, 0.1) is 16.4 Å². The molecule has 0 aliphatic carbocycles. The molecule has 2 aromatic rings. The highest BCUT2D eigenvalue weighted by molar-refractivity contribution is 9.10. The van der Waals surface area contributed by atoms with Gasteiger partial charge >= 0.3 is 0 Å². The first-order valence-corrected chi connectivity index (χ1v) is 5.53. The van der Waals surface area contributed by atoms with E-state index in [-0.39, 0.29) is 0 Å². The molecule has 0 bridgehead atoms. The van der Waals surface area contributed by atoms with E-state index in [1.165, 1.54) is 5.56 Å². The van der Waals surface area contributed by atoms with Crippen LogP contribution in [0.4, 0.5) is 0 Å². The van der Waals surface area contributed by atoms with Crippen molar-refractivity contribution in [1.29, 1.82) is 0 Å². The molecule has 0 aliphatic heterocycles. The highest BCUT2D eigenvalue weighted by Crippen LogP contribution is 2.13. The summed E-state index contributed by atoms with van der Waals surface area (Å²) in [7, 11) is 1.94. The number of aromatic nitrogens is 2. The first-order chi connectivity index (χ1) is 7.29. The Balaban J connectivity index is 2.32. The van der Waals surface area contributed by atoms with Crippen LogP contribution in [0.2, 0.25) is 0 Å². The molecule has 1 heterocycles. The number of hydrogen-bond donors (Lipinski definition) is 1. The van der Waals surface area contributed by atoms with E-state index in [4.69, 9.17) is 0 Å². The van der Waals surface area contributed by atoms with Crippen LogP contribution in [0.15, 0.2) is 41.1 Å². The summed E-state index contributed by atoms with van der Waals surface area (Å²) in [6.07, 6.45) is 3.73. The fourth-order valence-electron chi connectivity index (χ4n) is 1.46. The molecule has 0 unspecified atom stereocenters. The summed E-state index contributed by atoms with van der Waals surface area (Å²) in [4.78, 5) is 0. The van der Waals surface area contributed by atoms with Gasteiger partial charge in [0, 0.05) is 12.7 Å². The van der Waals surface area contributed by atoms with E-state index in [1.54, 1.807) is 6.20 Å². The van der Waals surface area contributed by atoms with Crippen molar-refractivity contribution in [1.82, 2.24) is 15.1 Å². The molecular formula is C11H12BrN3. The normalized spacial score (nSPS) is 10.5. The molecule has 0 amide bonds. The summed E-state index contributed by atoms with van der Waals surface area (Å²) in [5, 5.41) is 7.37. The van der Waals surface area contributed by atoms with Gasteiger partial charge in [-0.1, -0.05) is 12.1 Å². The number of rotatable bonds is 3. The van der Waals surface area contributed by atoms with Crippen LogP contribution in [0.3, 0.4) is 0 Å². The first-order valence-electron chi connectivity index (χ1n) is 4.73. The molecule has 4 heteroatoms. The summed E-state index contributed by atoms with van der Waals surface area (Å²) in [6, 6.07) is 8.30. The Morgan fingerprint density at radius 2 is 2.33 bits per heavy atom. The molecule has 0 aliphatic rings. The molecular weight excluding hydrogens is 254 g/mol. The van der Waals surface area contributed by atoms with Gasteiger partial charge in [-0.2, -0.15) is 5.10 Å². The first kappa shape index (κ1) is 10.4. The lowest BCUT2D eigenvalue weighted by molar-refractivity contribution is 0.811.